The summed E-state index contributed by atoms with van der Waals surface area (Å²) in [4.78, 5) is 18.2. The van der Waals surface area contributed by atoms with Crippen molar-refractivity contribution in [1.82, 2.24) is 14.1 Å². The maximum atomic E-state index is 13.4. The van der Waals surface area contributed by atoms with E-state index in [9.17, 15) is 26.4 Å². The Labute approximate surface area is 208 Å². The molecule has 3 rings (SSSR count). The van der Waals surface area contributed by atoms with Crippen LogP contribution in [0.15, 0.2) is 18.2 Å². The minimum absolute atomic E-state index is 0.0225. The summed E-state index contributed by atoms with van der Waals surface area (Å²) in [6.07, 6.45) is -2.06. The predicted molar refractivity (Wildman–Crippen MR) is 129 cm³/mol. The van der Waals surface area contributed by atoms with Crippen LogP contribution in [0.1, 0.15) is 37.8 Å². The third-order valence-electron chi connectivity index (χ3n) is 6.42. The van der Waals surface area contributed by atoms with Crippen LogP contribution in [0.2, 0.25) is 0 Å². The molecule has 2 heterocycles. The van der Waals surface area contributed by atoms with E-state index in [1.54, 1.807) is 18.7 Å². The number of carbonyl (C=O) groups is 1. The number of alkyl halides is 3. The fourth-order valence-corrected chi connectivity index (χ4v) is 5.67. The molecule has 0 unspecified atom stereocenters. The second-order valence-corrected chi connectivity index (χ2v) is 11.5. The zero-order valence-electron chi connectivity index (χ0n) is 19.8. The van der Waals surface area contributed by atoms with Crippen molar-refractivity contribution in [3.05, 3.63) is 29.3 Å². The van der Waals surface area contributed by atoms with Crippen molar-refractivity contribution in [3.63, 3.8) is 0 Å². The van der Waals surface area contributed by atoms with Crippen molar-refractivity contribution in [2.75, 3.05) is 50.4 Å². The van der Waals surface area contributed by atoms with Crippen molar-refractivity contribution in [1.29, 1.82) is 5.26 Å². The summed E-state index contributed by atoms with van der Waals surface area (Å²) in [7, 11) is -3.18. The summed E-state index contributed by atoms with van der Waals surface area (Å²) >= 11 is 5.50. The number of halogens is 3. The maximum absolute atomic E-state index is 13.4. The van der Waals surface area contributed by atoms with Gasteiger partial charge < -0.3 is 9.80 Å². The molecule has 2 aliphatic rings. The Bertz CT molecular complexity index is 1140. The number of nitrogens with zero attached hydrogens (tertiary/aromatic N) is 5. The van der Waals surface area contributed by atoms with Crippen LogP contribution >= 0.6 is 12.2 Å². The highest BCUT2D eigenvalue weighted by molar-refractivity contribution is 7.88. The topological polar surface area (TPSA) is 88.0 Å². The number of benzene rings is 1. The first kappa shape index (κ1) is 27.3. The Balaban J connectivity index is 1.64. The van der Waals surface area contributed by atoms with Gasteiger partial charge in [-0.15, -0.1) is 0 Å². The van der Waals surface area contributed by atoms with E-state index < -0.39 is 38.8 Å². The highest BCUT2D eigenvalue weighted by Gasteiger charge is 2.49. The first-order valence-corrected chi connectivity index (χ1v) is 13.4. The van der Waals surface area contributed by atoms with Gasteiger partial charge in [-0.2, -0.15) is 22.7 Å². The van der Waals surface area contributed by atoms with E-state index in [2.05, 4.69) is 4.90 Å². The van der Waals surface area contributed by atoms with Gasteiger partial charge in [-0.3, -0.25) is 9.69 Å². The predicted octanol–water partition coefficient (Wildman–Crippen LogP) is 2.65. The summed E-state index contributed by atoms with van der Waals surface area (Å²) < 4.78 is 65.0. The molecule has 1 amide bonds. The lowest BCUT2D eigenvalue weighted by Crippen LogP contribution is -2.48. The number of nitriles is 1. The quantitative estimate of drug-likeness (QED) is 0.395. The summed E-state index contributed by atoms with van der Waals surface area (Å²) in [5.41, 5.74) is -2.69. The summed E-state index contributed by atoms with van der Waals surface area (Å²) in [6, 6.07) is 4.67. The van der Waals surface area contributed by atoms with E-state index in [-0.39, 0.29) is 10.8 Å². The van der Waals surface area contributed by atoms with Crippen molar-refractivity contribution >= 4 is 38.9 Å². The summed E-state index contributed by atoms with van der Waals surface area (Å²) in [5, 5.41) is 9.16. The lowest BCUT2D eigenvalue weighted by Gasteiger charge is -2.33. The molecule has 0 bridgehead atoms. The number of sulfonamides is 1. The third kappa shape index (κ3) is 5.77. The molecule has 0 aliphatic carbocycles. The number of rotatable bonds is 7. The fourth-order valence-electron chi connectivity index (χ4n) is 4.33. The van der Waals surface area contributed by atoms with Crippen LogP contribution in [0, 0.1) is 11.3 Å². The molecule has 8 nitrogen and oxygen atoms in total. The van der Waals surface area contributed by atoms with E-state index in [0.717, 1.165) is 30.0 Å². The lowest BCUT2D eigenvalue weighted by molar-refractivity contribution is -0.137. The molecule has 1 aromatic carbocycles. The van der Waals surface area contributed by atoms with Crippen molar-refractivity contribution in [2.45, 2.75) is 38.4 Å². The molecule has 0 atom stereocenters. The van der Waals surface area contributed by atoms with Crippen LogP contribution in [-0.2, 0) is 21.0 Å². The zero-order valence-corrected chi connectivity index (χ0v) is 21.4. The van der Waals surface area contributed by atoms with Gasteiger partial charge in [-0.05, 0) is 63.7 Å². The van der Waals surface area contributed by atoms with Gasteiger partial charge in [0.15, 0.2) is 5.11 Å². The van der Waals surface area contributed by atoms with Crippen molar-refractivity contribution in [2.24, 2.45) is 0 Å². The molecule has 2 aliphatic heterocycles. The van der Waals surface area contributed by atoms with Crippen LogP contribution in [0.3, 0.4) is 0 Å². The number of piperazine rings is 1. The Morgan fingerprint density at radius 1 is 1.11 bits per heavy atom. The molecule has 2 saturated heterocycles. The summed E-state index contributed by atoms with van der Waals surface area (Å²) in [6.45, 7) is 6.77. The van der Waals surface area contributed by atoms with Gasteiger partial charge in [0, 0.05) is 32.7 Å². The molecular formula is C22H28F3N5O3S2. The van der Waals surface area contributed by atoms with Gasteiger partial charge in [0.25, 0.3) is 5.91 Å². The third-order valence-corrected chi connectivity index (χ3v) is 8.12. The average Bonchev–Trinajstić information content (AvgIpc) is 2.94. The largest absolute Gasteiger partial charge is 0.417 e. The zero-order chi connectivity index (χ0) is 26.2. The Morgan fingerprint density at radius 3 is 2.26 bits per heavy atom. The molecule has 0 aromatic heterocycles. The van der Waals surface area contributed by atoms with Crippen LogP contribution in [-0.4, -0.2) is 84.6 Å². The number of thiocarbonyl (C=S) groups is 1. The van der Waals surface area contributed by atoms with E-state index in [0.29, 0.717) is 39.1 Å². The molecule has 0 saturated carbocycles. The Kier molecular flexibility index (Phi) is 7.81. The molecular weight excluding hydrogens is 503 g/mol. The molecule has 13 heteroatoms. The minimum Gasteiger partial charge on any atom is -0.334 e. The average molecular weight is 532 g/mol. The van der Waals surface area contributed by atoms with Crippen molar-refractivity contribution < 1.29 is 26.4 Å². The number of unbranched alkanes of at least 4 members (excludes halogenated alkanes) is 1. The van der Waals surface area contributed by atoms with E-state index >= 15 is 0 Å². The second kappa shape index (κ2) is 10.0. The fraction of sp³-hybridized carbons (Fsp3) is 0.591. The lowest BCUT2D eigenvalue weighted by atomic mass is 10.0. The molecule has 0 radical (unpaired) electrons. The van der Waals surface area contributed by atoms with E-state index in [4.69, 9.17) is 17.5 Å². The number of amides is 1. The number of anilines is 1. The number of carbonyl (C=O) groups excluding carboxylic acids is 1. The molecule has 192 valence electrons. The van der Waals surface area contributed by atoms with Crippen LogP contribution in [0.4, 0.5) is 18.9 Å². The molecule has 35 heavy (non-hydrogen) atoms. The highest BCUT2D eigenvalue weighted by Crippen LogP contribution is 2.37. The van der Waals surface area contributed by atoms with Gasteiger partial charge in [0.2, 0.25) is 10.0 Å². The number of hydrogen-bond donors (Lipinski definition) is 0. The number of hydrogen-bond acceptors (Lipinski definition) is 6. The Morgan fingerprint density at radius 2 is 1.71 bits per heavy atom. The first-order chi connectivity index (χ1) is 16.2. The molecule has 2 fully saturated rings. The van der Waals surface area contributed by atoms with Gasteiger partial charge in [-0.1, -0.05) is 0 Å². The standard InChI is InChI=1S/C22H28F3N5O3S2/c1-21(2)19(31)30(17-7-6-16(15-26)18(14-17)22(23,24)25)20(34)29(21)9-5-4-8-27-10-12-28(13-11-27)35(3,32)33/h6-7,14H,4-5,8-13H2,1-3H3. The van der Waals surface area contributed by atoms with Gasteiger partial charge in [0.1, 0.15) is 5.54 Å². The molecule has 0 N–H and O–H groups in total. The van der Waals surface area contributed by atoms with Crippen LogP contribution in [0.25, 0.3) is 0 Å². The molecule has 1 aromatic rings. The smallest absolute Gasteiger partial charge is 0.334 e. The van der Waals surface area contributed by atoms with Gasteiger partial charge in [-0.25, -0.2) is 8.42 Å². The minimum atomic E-state index is -4.74. The first-order valence-electron chi connectivity index (χ1n) is 11.1. The normalized spacial score (nSPS) is 19.9. The Hall–Kier alpha value is -2.27. The van der Waals surface area contributed by atoms with E-state index in [1.165, 1.54) is 22.7 Å². The van der Waals surface area contributed by atoms with Gasteiger partial charge >= 0.3 is 6.18 Å². The van der Waals surface area contributed by atoms with Crippen LogP contribution in [0.5, 0.6) is 0 Å². The maximum Gasteiger partial charge on any atom is 0.417 e. The summed E-state index contributed by atoms with van der Waals surface area (Å²) in [5.74, 6) is -0.433. The van der Waals surface area contributed by atoms with Gasteiger partial charge in [0.05, 0.1) is 29.1 Å². The molecule has 0 spiro atoms. The second-order valence-electron chi connectivity index (χ2n) is 9.18. The monoisotopic (exact) mass is 531 g/mol. The van der Waals surface area contributed by atoms with E-state index in [1.807, 2.05) is 0 Å². The SMILES string of the molecule is CC1(C)C(=O)N(c2ccc(C#N)c(C(F)(F)F)c2)C(=S)N1CCCCN1CCN(S(C)(=O)=O)CC1. The highest BCUT2D eigenvalue weighted by atomic mass is 32.2. The van der Waals surface area contributed by atoms with Crippen LogP contribution < -0.4 is 4.90 Å². The van der Waals surface area contributed by atoms with Crippen molar-refractivity contribution in [3.8, 4) is 6.07 Å².